The van der Waals surface area contributed by atoms with Crippen molar-refractivity contribution in [2.45, 2.75) is 11.8 Å². The van der Waals surface area contributed by atoms with Gasteiger partial charge in [-0.3, -0.25) is 14.4 Å². The van der Waals surface area contributed by atoms with Crippen LogP contribution in [-0.2, 0) is 14.3 Å². The maximum atomic E-state index is 13.3. The number of esters is 1. The number of ether oxygens (including phenoxy) is 1. The number of carbonyl (C=O) groups is 4. The van der Waals surface area contributed by atoms with Crippen molar-refractivity contribution in [3.8, 4) is 0 Å². The van der Waals surface area contributed by atoms with E-state index in [-0.39, 0.29) is 24.0 Å². The van der Waals surface area contributed by atoms with E-state index in [4.69, 9.17) is 16.3 Å². The molecule has 0 unspecified atom stereocenters. The Labute approximate surface area is 258 Å². The molecule has 4 aromatic rings. The molecule has 0 radical (unpaired) electrons. The van der Waals surface area contributed by atoms with E-state index in [1.807, 2.05) is 6.07 Å². The number of halogens is 1. The molecule has 43 heavy (non-hydrogen) atoms. The van der Waals surface area contributed by atoms with Crippen molar-refractivity contribution in [2.75, 3.05) is 23.0 Å². The lowest BCUT2D eigenvalue weighted by Crippen LogP contribution is -2.30. The molecule has 0 aromatic heterocycles. The highest BCUT2D eigenvalue weighted by Crippen LogP contribution is 2.23. The summed E-state index contributed by atoms with van der Waals surface area (Å²) in [6, 6.07) is 29.0. The molecule has 4 rings (SSSR count). The first-order chi connectivity index (χ1) is 20.8. The minimum absolute atomic E-state index is 0.00774. The van der Waals surface area contributed by atoms with Gasteiger partial charge in [0.15, 0.2) is 0 Å². The first kappa shape index (κ1) is 31.1. The topological polar surface area (TPSA) is 114 Å². The molecule has 0 atom stereocenters. The lowest BCUT2D eigenvalue weighted by atomic mass is 10.1. The molecule has 0 bridgehead atoms. The Morgan fingerprint density at radius 3 is 2.23 bits per heavy atom. The summed E-state index contributed by atoms with van der Waals surface area (Å²) < 4.78 is 4.97. The lowest BCUT2D eigenvalue weighted by molar-refractivity contribution is -0.114. The Kier molecular flexibility index (Phi) is 11.1. The summed E-state index contributed by atoms with van der Waals surface area (Å²) in [5.41, 5.74) is 2.39. The highest BCUT2D eigenvalue weighted by atomic mass is 35.5. The lowest BCUT2D eigenvalue weighted by Gasteiger charge is -2.12. The molecular weight excluding hydrogens is 586 g/mol. The first-order valence-corrected chi connectivity index (χ1v) is 14.6. The summed E-state index contributed by atoms with van der Waals surface area (Å²) in [6.45, 7) is 2.02. The van der Waals surface area contributed by atoms with Gasteiger partial charge in [0.05, 0.1) is 17.9 Å². The van der Waals surface area contributed by atoms with Crippen molar-refractivity contribution in [1.82, 2.24) is 5.32 Å². The second-order valence-corrected chi connectivity index (χ2v) is 10.5. The van der Waals surface area contributed by atoms with Gasteiger partial charge in [-0.05, 0) is 79.2 Å². The van der Waals surface area contributed by atoms with Gasteiger partial charge < -0.3 is 20.7 Å². The normalized spacial score (nSPS) is 10.9. The molecule has 0 aliphatic heterocycles. The highest BCUT2D eigenvalue weighted by Gasteiger charge is 2.16. The van der Waals surface area contributed by atoms with E-state index in [2.05, 4.69) is 16.0 Å². The van der Waals surface area contributed by atoms with Crippen molar-refractivity contribution in [3.63, 3.8) is 0 Å². The van der Waals surface area contributed by atoms with Crippen LogP contribution in [0.15, 0.2) is 114 Å². The van der Waals surface area contributed by atoms with Crippen LogP contribution in [0.2, 0.25) is 5.02 Å². The minimum Gasteiger partial charge on any atom is -0.462 e. The Morgan fingerprint density at radius 2 is 1.51 bits per heavy atom. The van der Waals surface area contributed by atoms with Gasteiger partial charge in [-0.1, -0.05) is 54.1 Å². The molecule has 0 aliphatic carbocycles. The number of hydrogen-bond acceptors (Lipinski definition) is 6. The van der Waals surface area contributed by atoms with E-state index in [9.17, 15) is 19.2 Å². The van der Waals surface area contributed by atoms with Gasteiger partial charge in [0.25, 0.3) is 11.8 Å². The third-order valence-electron chi connectivity index (χ3n) is 5.88. The van der Waals surface area contributed by atoms with Gasteiger partial charge in [-0.2, -0.15) is 0 Å². The van der Waals surface area contributed by atoms with Gasteiger partial charge in [0, 0.05) is 26.9 Å². The van der Waals surface area contributed by atoms with Crippen LogP contribution in [0.25, 0.3) is 6.08 Å². The molecular formula is C33H28ClN3O5S. The van der Waals surface area contributed by atoms with Gasteiger partial charge in [0.2, 0.25) is 5.91 Å². The monoisotopic (exact) mass is 613 g/mol. The van der Waals surface area contributed by atoms with Crippen LogP contribution < -0.4 is 16.0 Å². The molecule has 8 nitrogen and oxygen atoms in total. The summed E-state index contributed by atoms with van der Waals surface area (Å²) in [6.07, 6.45) is 1.51. The van der Waals surface area contributed by atoms with Crippen molar-refractivity contribution in [1.29, 1.82) is 0 Å². The van der Waals surface area contributed by atoms with Crippen LogP contribution in [0.1, 0.15) is 33.2 Å². The maximum Gasteiger partial charge on any atom is 0.338 e. The van der Waals surface area contributed by atoms with Gasteiger partial charge >= 0.3 is 5.97 Å². The molecule has 3 amide bonds. The molecule has 0 spiro atoms. The third kappa shape index (κ3) is 9.32. The van der Waals surface area contributed by atoms with Gasteiger partial charge in [0.1, 0.15) is 5.70 Å². The average molecular weight is 614 g/mol. The highest BCUT2D eigenvalue weighted by molar-refractivity contribution is 8.00. The largest absolute Gasteiger partial charge is 0.462 e. The van der Waals surface area contributed by atoms with Crippen LogP contribution in [0, 0.1) is 0 Å². The Bertz CT molecular complexity index is 1640. The summed E-state index contributed by atoms with van der Waals surface area (Å²) in [4.78, 5) is 51.3. The predicted molar refractivity (Wildman–Crippen MR) is 170 cm³/mol. The van der Waals surface area contributed by atoms with Crippen molar-refractivity contribution >= 4 is 64.5 Å². The van der Waals surface area contributed by atoms with Crippen LogP contribution in [0.3, 0.4) is 0 Å². The minimum atomic E-state index is -0.546. The van der Waals surface area contributed by atoms with Crippen molar-refractivity contribution in [3.05, 3.63) is 131 Å². The first-order valence-electron chi connectivity index (χ1n) is 13.3. The number of amides is 3. The van der Waals surface area contributed by atoms with E-state index in [1.165, 1.54) is 17.8 Å². The van der Waals surface area contributed by atoms with E-state index in [0.29, 0.717) is 33.1 Å². The summed E-state index contributed by atoms with van der Waals surface area (Å²) in [5, 5.41) is 8.72. The molecule has 3 N–H and O–H groups in total. The fraction of sp³-hybridized carbons (Fsp3) is 0.0909. The second-order valence-electron chi connectivity index (χ2n) is 9.02. The summed E-state index contributed by atoms with van der Waals surface area (Å²) in [5.74, 6) is -1.54. The summed E-state index contributed by atoms with van der Waals surface area (Å²) in [7, 11) is 0. The quantitative estimate of drug-likeness (QED) is 0.0991. The Hall–Kier alpha value is -4.86. The van der Waals surface area contributed by atoms with Gasteiger partial charge in [-0.25, -0.2) is 4.79 Å². The van der Waals surface area contributed by atoms with Crippen LogP contribution in [0.5, 0.6) is 0 Å². The van der Waals surface area contributed by atoms with E-state index < -0.39 is 17.8 Å². The fourth-order valence-electron chi connectivity index (χ4n) is 3.80. The summed E-state index contributed by atoms with van der Waals surface area (Å²) >= 11 is 7.59. The number of rotatable bonds is 11. The zero-order chi connectivity index (χ0) is 30.6. The molecule has 0 heterocycles. The van der Waals surface area contributed by atoms with Crippen LogP contribution >= 0.6 is 23.4 Å². The fourth-order valence-corrected chi connectivity index (χ4v) is 4.75. The Morgan fingerprint density at radius 1 is 0.791 bits per heavy atom. The zero-order valence-electron chi connectivity index (χ0n) is 23.1. The van der Waals surface area contributed by atoms with E-state index in [1.54, 1.807) is 104 Å². The number of thioether (sulfide) groups is 1. The van der Waals surface area contributed by atoms with Crippen LogP contribution in [-0.4, -0.2) is 36.1 Å². The number of carbonyl (C=O) groups excluding carboxylic acids is 4. The number of benzene rings is 4. The third-order valence-corrected chi connectivity index (χ3v) is 7.21. The SMILES string of the molecule is CCOC(=O)c1ccc(NC(=O)CSc2cccc(NC(=O)/C(=C\c3ccccc3Cl)NC(=O)c3ccccc3)c2)cc1. The molecule has 0 fully saturated rings. The molecule has 0 saturated carbocycles. The second kappa shape index (κ2) is 15.4. The maximum absolute atomic E-state index is 13.3. The predicted octanol–water partition coefficient (Wildman–Crippen LogP) is 6.66. The molecule has 4 aromatic carbocycles. The van der Waals surface area contributed by atoms with Gasteiger partial charge in [-0.15, -0.1) is 11.8 Å². The standard InChI is InChI=1S/C33H28ClN3O5S/c1-2-42-33(41)23-15-17-25(18-16-23)35-30(38)21-43-27-13-8-12-26(20-27)36-32(40)29(19-24-11-6-7-14-28(24)34)37-31(39)22-9-4-3-5-10-22/h3-20H,2,21H2,1H3,(H,35,38)(H,36,40)(H,37,39)/b29-19+. The molecule has 10 heteroatoms. The molecule has 218 valence electrons. The van der Waals surface area contributed by atoms with E-state index >= 15 is 0 Å². The molecule has 0 aliphatic rings. The number of nitrogens with one attached hydrogen (secondary N) is 3. The number of anilines is 2. The Balaban J connectivity index is 1.40. The molecule has 0 saturated heterocycles. The van der Waals surface area contributed by atoms with Crippen LogP contribution in [0.4, 0.5) is 11.4 Å². The van der Waals surface area contributed by atoms with Crippen molar-refractivity contribution in [2.24, 2.45) is 0 Å². The smallest absolute Gasteiger partial charge is 0.338 e. The number of hydrogen-bond donors (Lipinski definition) is 3. The van der Waals surface area contributed by atoms with E-state index in [0.717, 1.165) is 4.90 Å². The van der Waals surface area contributed by atoms with Crippen molar-refractivity contribution < 1.29 is 23.9 Å². The zero-order valence-corrected chi connectivity index (χ0v) is 24.7. The average Bonchev–Trinajstić information content (AvgIpc) is 3.02.